The summed E-state index contributed by atoms with van der Waals surface area (Å²) in [5.74, 6) is 2.68. The van der Waals surface area contributed by atoms with Crippen molar-refractivity contribution >= 4 is 28.7 Å². The van der Waals surface area contributed by atoms with Gasteiger partial charge in [0.05, 0.1) is 48.1 Å². The third-order valence-electron chi connectivity index (χ3n) is 7.61. The largest absolute Gasteiger partial charge is 0.497 e. The van der Waals surface area contributed by atoms with Crippen molar-refractivity contribution in [1.29, 1.82) is 0 Å². The number of carbonyl (C=O) groups excluding carboxylic acids is 1. The lowest BCUT2D eigenvalue weighted by Gasteiger charge is -2.21. The van der Waals surface area contributed by atoms with Gasteiger partial charge >= 0.3 is 0 Å². The molecule has 2 aliphatic rings. The summed E-state index contributed by atoms with van der Waals surface area (Å²) in [5, 5.41) is 0.443. The van der Waals surface area contributed by atoms with E-state index < -0.39 is 0 Å². The Balaban J connectivity index is 1.20. The average Bonchev–Trinajstić information content (AvgIpc) is 3.43. The van der Waals surface area contributed by atoms with Crippen molar-refractivity contribution in [2.75, 3.05) is 27.4 Å². The fraction of sp³-hybridized carbons (Fsp3) is 0.312. The topological polar surface area (TPSA) is 104 Å². The first-order chi connectivity index (χ1) is 20.4. The Kier molecular flexibility index (Phi) is 7.28. The van der Waals surface area contributed by atoms with E-state index in [-0.39, 0.29) is 30.2 Å². The lowest BCUT2D eigenvalue weighted by atomic mass is 10.1. The van der Waals surface area contributed by atoms with E-state index in [4.69, 9.17) is 18.9 Å². The number of ether oxygens (including phenoxy) is 4. The molecule has 0 bridgehead atoms. The zero-order chi connectivity index (χ0) is 29.4. The van der Waals surface area contributed by atoms with E-state index in [9.17, 15) is 9.59 Å². The smallest absolute Gasteiger partial charge is 0.266 e. The summed E-state index contributed by atoms with van der Waals surface area (Å²) in [5.41, 5.74) is 2.15. The minimum atomic E-state index is -0.381. The van der Waals surface area contributed by atoms with Gasteiger partial charge in [-0.2, -0.15) is 0 Å². The van der Waals surface area contributed by atoms with Crippen molar-refractivity contribution in [3.63, 3.8) is 0 Å². The van der Waals surface area contributed by atoms with Gasteiger partial charge in [-0.25, -0.2) is 4.98 Å². The fourth-order valence-corrected chi connectivity index (χ4v) is 5.46. The number of aromatic nitrogens is 2. The molecular weight excluding hydrogens is 536 g/mol. The van der Waals surface area contributed by atoms with Crippen LogP contribution in [0, 0.1) is 6.92 Å². The highest BCUT2D eigenvalue weighted by Crippen LogP contribution is 2.38. The van der Waals surface area contributed by atoms with Crippen LogP contribution in [0.3, 0.4) is 0 Å². The fourth-order valence-electron chi connectivity index (χ4n) is 5.46. The number of hydrogen-bond donors (Lipinski definition) is 0. The van der Waals surface area contributed by atoms with E-state index in [0.717, 1.165) is 19.4 Å². The zero-order valence-electron chi connectivity index (χ0n) is 24.0. The summed E-state index contributed by atoms with van der Waals surface area (Å²) in [6, 6.07) is 16.0. The van der Waals surface area contributed by atoms with Crippen molar-refractivity contribution < 1.29 is 23.7 Å². The molecule has 0 N–H and O–H groups in total. The molecule has 0 radical (unpaired) electrons. The number of nitrogens with zero attached hydrogens (tertiary/aromatic N) is 4. The maximum absolute atomic E-state index is 13.5. The van der Waals surface area contributed by atoms with E-state index >= 15 is 0 Å². The second-order valence-corrected chi connectivity index (χ2v) is 10.4. The minimum Gasteiger partial charge on any atom is -0.497 e. The second kappa shape index (κ2) is 11.2. The lowest BCUT2D eigenvalue weighted by Crippen LogP contribution is -2.35. The second-order valence-electron chi connectivity index (χ2n) is 10.4. The number of aryl methyl sites for hydroxylation is 1. The predicted molar refractivity (Wildman–Crippen MR) is 159 cm³/mol. The molecule has 216 valence electrons. The summed E-state index contributed by atoms with van der Waals surface area (Å²) in [4.78, 5) is 37.7. The van der Waals surface area contributed by atoms with Crippen LogP contribution in [0.15, 0.2) is 64.4 Å². The highest BCUT2D eigenvalue weighted by molar-refractivity contribution is 6.03. The third-order valence-corrected chi connectivity index (χ3v) is 7.61. The van der Waals surface area contributed by atoms with E-state index in [1.54, 1.807) is 68.2 Å². The molecule has 0 saturated carbocycles. The molecule has 10 nitrogen and oxygen atoms in total. The summed E-state index contributed by atoms with van der Waals surface area (Å²) in [6.07, 6.45) is 3.35. The number of aliphatic imine (C=N–C) groups is 1. The Morgan fingerprint density at radius 1 is 0.976 bits per heavy atom. The number of amides is 1. The number of hydrogen-bond acceptors (Lipinski definition) is 8. The Labute approximate surface area is 243 Å². The van der Waals surface area contributed by atoms with Gasteiger partial charge in [0.1, 0.15) is 30.0 Å². The van der Waals surface area contributed by atoms with Gasteiger partial charge in [0.15, 0.2) is 11.5 Å². The molecule has 3 aromatic carbocycles. The first-order valence-electron chi connectivity index (χ1n) is 13.9. The van der Waals surface area contributed by atoms with Crippen molar-refractivity contribution in [3.05, 3.63) is 76.3 Å². The molecule has 3 heterocycles. The molecule has 6 rings (SSSR count). The van der Waals surface area contributed by atoms with Crippen LogP contribution in [0.1, 0.15) is 35.9 Å². The van der Waals surface area contributed by atoms with Crippen LogP contribution in [-0.4, -0.2) is 66.1 Å². The first-order valence-corrected chi connectivity index (χ1v) is 13.9. The van der Waals surface area contributed by atoms with Crippen LogP contribution >= 0.6 is 0 Å². The first kappa shape index (κ1) is 27.3. The predicted octanol–water partition coefficient (Wildman–Crippen LogP) is 4.88. The number of rotatable bonds is 8. The molecule has 10 heteroatoms. The SMILES string of the molecule is COc1ccc(-n2c(C)nc3ccc(OCC(C)Oc4cc5c(cc4OC)C(=O)N4CCCC4C=N5)cc3c2=O)cc1. The van der Waals surface area contributed by atoms with Gasteiger partial charge in [0.25, 0.3) is 11.5 Å². The Morgan fingerprint density at radius 3 is 2.52 bits per heavy atom. The quantitative estimate of drug-likeness (QED) is 0.298. The summed E-state index contributed by atoms with van der Waals surface area (Å²) < 4.78 is 24.6. The standard InChI is InChI=1S/C32H32N4O6/c1-19(42-30-16-28-26(15-29(30)40-4)31(37)35-13-5-6-22(35)17-33-28)18-41-24-11-12-27-25(14-24)32(38)36(20(2)34-27)21-7-9-23(39-3)10-8-21/h7-12,14-17,19,22H,5-6,13,18H2,1-4H3. The van der Waals surface area contributed by atoms with Crippen LogP contribution in [-0.2, 0) is 0 Å². The molecular formula is C32H32N4O6. The van der Waals surface area contributed by atoms with Crippen LogP contribution in [0.5, 0.6) is 23.0 Å². The Bertz CT molecular complexity index is 1750. The van der Waals surface area contributed by atoms with Crippen LogP contribution in [0.25, 0.3) is 16.6 Å². The van der Waals surface area contributed by atoms with Crippen molar-refractivity contribution in [2.45, 2.75) is 38.8 Å². The highest BCUT2D eigenvalue weighted by atomic mass is 16.5. The monoisotopic (exact) mass is 568 g/mol. The van der Waals surface area contributed by atoms with Gasteiger partial charge in [-0.15, -0.1) is 0 Å². The van der Waals surface area contributed by atoms with Gasteiger partial charge < -0.3 is 23.8 Å². The highest BCUT2D eigenvalue weighted by Gasteiger charge is 2.32. The van der Waals surface area contributed by atoms with E-state index in [1.165, 1.54) is 0 Å². The van der Waals surface area contributed by atoms with Crippen LogP contribution in [0.2, 0.25) is 0 Å². The van der Waals surface area contributed by atoms with Crippen LogP contribution in [0.4, 0.5) is 5.69 Å². The minimum absolute atomic E-state index is 0.0222. The van der Waals surface area contributed by atoms with Crippen molar-refractivity contribution in [1.82, 2.24) is 14.5 Å². The van der Waals surface area contributed by atoms with Gasteiger partial charge in [-0.1, -0.05) is 0 Å². The number of methoxy groups -OCH3 is 2. The van der Waals surface area contributed by atoms with Gasteiger partial charge in [0, 0.05) is 18.8 Å². The van der Waals surface area contributed by atoms with E-state index in [1.807, 2.05) is 30.2 Å². The van der Waals surface area contributed by atoms with Gasteiger partial charge in [-0.05, 0) is 75.2 Å². The molecule has 2 aliphatic heterocycles. The molecule has 1 amide bonds. The van der Waals surface area contributed by atoms with E-state index in [2.05, 4.69) is 9.98 Å². The molecule has 1 fully saturated rings. The maximum Gasteiger partial charge on any atom is 0.266 e. The Hall–Kier alpha value is -4.86. The molecule has 1 saturated heterocycles. The molecule has 42 heavy (non-hydrogen) atoms. The van der Waals surface area contributed by atoms with Gasteiger partial charge in [0.2, 0.25) is 0 Å². The molecule has 0 spiro atoms. The molecule has 2 atom stereocenters. The van der Waals surface area contributed by atoms with E-state index in [0.29, 0.717) is 56.7 Å². The molecule has 1 aromatic heterocycles. The third kappa shape index (κ3) is 5.04. The maximum atomic E-state index is 13.5. The van der Waals surface area contributed by atoms with Crippen LogP contribution < -0.4 is 24.5 Å². The summed E-state index contributed by atoms with van der Waals surface area (Å²) >= 11 is 0. The molecule has 2 unspecified atom stereocenters. The number of carbonyl (C=O) groups is 1. The Morgan fingerprint density at radius 2 is 1.76 bits per heavy atom. The average molecular weight is 569 g/mol. The van der Waals surface area contributed by atoms with Gasteiger partial charge in [-0.3, -0.25) is 19.1 Å². The lowest BCUT2D eigenvalue weighted by molar-refractivity contribution is 0.0774. The summed E-state index contributed by atoms with van der Waals surface area (Å²) in [6.45, 7) is 4.60. The molecule has 0 aliphatic carbocycles. The normalized spacial score (nSPS) is 16.5. The van der Waals surface area contributed by atoms with Crippen molar-refractivity contribution in [2.24, 2.45) is 4.99 Å². The zero-order valence-corrected chi connectivity index (χ0v) is 24.0. The molecule has 4 aromatic rings. The number of fused-ring (bicyclic) bond motifs is 3. The van der Waals surface area contributed by atoms with Crippen molar-refractivity contribution in [3.8, 4) is 28.7 Å². The summed E-state index contributed by atoms with van der Waals surface area (Å²) in [7, 11) is 3.14. The number of benzene rings is 3.